The Morgan fingerprint density at radius 1 is 1.00 bits per heavy atom. The molecule has 0 bridgehead atoms. The predicted molar refractivity (Wildman–Crippen MR) is 132 cm³/mol. The standard InChI is InChI=1S/C25H43N5O4/c1-24(2)18-25(3,4)22(24)29-21(31)19-16-27-23(28-17-19)30-9-6-20(7-10-30)34-15-14-33-13-12-32-11-8-26-5/h16-17,20,22,26H,6-15,18H2,1-5H3,(H,29,31). The summed E-state index contributed by atoms with van der Waals surface area (Å²) in [6.45, 7) is 14.4. The van der Waals surface area contributed by atoms with Gasteiger partial charge in [0, 0.05) is 38.1 Å². The van der Waals surface area contributed by atoms with Crippen LogP contribution >= 0.6 is 0 Å². The van der Waals surface area contributed by atoms with Gasteiger partial charge in [0.05, 0.1) is 44.7 Å². The van der Waals surface area contributed by atoms with Gasteiger partial charge in [0.2, 0.25) is 5.95 Å². The van der Waals surface area contributed by atoms with Gasteiger partial charge in [-0.3, -0.25) is 4.79 Å². The van der Waals surface area contributed by atoms with Crippen molar-refractivity contribution >= 4 is 11.9 Å². The zero-order valence-electron chi connectivity index (χ0n) is 21.6. The molecule has 1 saturated carbocycles. The molecule has 3 rings (SSSR count). The summed E-state index contributed by atoms with van der Waals surface area (Å²) in [5.41, 5.74) is 0.728. The van der Waals surface area contributed by atoms with Crippen LogP contribution in [0.4, 0.5) is 5.95 Å². The van der Waals surface area contributed by atoms with Crippen LogP contribution in [0.15, 0.2) is 12.4 Å². The summed E-state index contributed by atoms with van der Waals surface area (Å²) in [5, 5.41) is 6.23. The number of nitrogens with one attached hydrogen (secondary N) is 2. The maximum absolute atomic E-state index is 12.7. The highest BCUT2D eigenvalue weighted by Crippen LogP contribution is 2.53. The highest BCUT2D eigenvalue weighted by atomic mass is 16.5. The number of carbonyl (C=O) groups is 1. The molecule has 1 aliphatic heterocycles. The molecule has 1 aromatic heterocycles. The first-order chi connectivity index (χ1) is 16.2. The van der Waals surface area contributed by atoms with Crippen LogP contribution in [0, 0.1) is 10.8 Å². The Kier molecular flexibility index (Phi) is 9.65. The zero-order valence-corrected chi connectivity index (χ0v) is 21.6. The second kappa shape index (κ2) is 12.2. The van der Waals surface area contributed by atoms with E-state index in [9.17, 15) is 4.79 Å². The number of ether oxygens (including phenoxy) is 3. The molecule has 2 N–H and O–H groups in total. The summed E-state index contributed by atoms with van der Waals surface area (Å²) in [5.74, 6) is 0.567. The summed E-state index contributed by atoms with van der Waals surface area (Å²) in [4.78, 5) is 23.8. The number of rotatable bonds is 13. The Bertz CT molecular complexity index is 749. The highest BCUT2D eigenvalue weighted by molar-refractivity contribution is 5.94. The molecule has 0 unspecified atom stereocenters. The van der Waals surface area contributed by atoms with E-state index in [0.717, 1.165) is 38.9 Å². The van der Waals surface area contributed by atoms with Gasteiger partial charge in [-0.1, -0.05) is 27.7 Å². The smallest absolute Gasteiger partial charge is 0.254 e. The van der Waals surface area contributed by atoms with Crippen molar-refractivity contribution in [2.45, 2.75) is 59.1 Å². The van der Waals surface area contributed by atoms with Gasteiger partial charge in [-0.05, 0) is 37.1 Å². The average molecular weight is 478 g/mol. The van der Waals surface area contributed by atoms with Gasteiger partial charge in [0.1, 0.15) is 0 Å². The number of nitrogens with zero attached hydrogens (tertiary/aromatic N) is 3. The second-order valence-corrected chi connectivity index (χ2v) is 10.7. The average Bonchev–Trinajstić information content (AvgIpc) is 2.81. The first-order valence-electron chi connectivity index (χ1n) is 12.5. The number of hydrogen-bond acceptors (Lipinski definition) is 8. The van der Waals surface area contributed by atoms with Crippen molar-refractivity contribution in [3.8, 4) is 0 Å². The van der Waals surface area contributed by atoms with Gasteiger partial charge >= 0.3 is 0 Å². The summed E-state index contributed by atoms with van der Waals surface area (Å²) in [6, 6.07) is 0.147. The lowest BCUT2D eigenvalue weighted by Crippen LogP contribution is -2.63. The Balaban J connectivity index is 1.33. The summed E-state index contributed by atoms with van der Waals surface area (Å²) in [7, 11) is 1.91. The van der Waals surface area contributed by atoms with Crippen LogP contribution in [0.3, 0.4) is 0 Å². The zero-order chi connectivity index (χ0) is 24.6. The van der Waals surface area contributed by atoms with Crippen LogP contribution < -0.4 is 15.5 Å². The largest absolute Gasteiger partial charge is 0.378 e. The number of piperidine rings is 1. The van der Waals surface area contributed by atoms with Crippen molar-refractivity contribution in [2.75, 3.05) is 64.6 Å². The predicted octanol–water partition coefficient (Wildman–Crippen LogP) is 2.27. The Morgan fingerprint density at radius 2 is 1.59 bits per heavy atom. The fourth-order valence-electron chi connectivity index (χ4n) is 5.50. The molecule has 1 saturated heterocycles. The van der Waals surface area contributed by atoms with Crippen LogP contribution in [0.25, 0.3) is 0 Å². The molecule has 9 heteroatoms. The quantitative estimate of drug-likeness (QED) is 0.418. The molecule has 34 heavy (non-hydrogen) atoms. The van der Waals surface area contributed by atoms with Gasteiger partial charge in [0.25, 0.3) is 5.91 Å². The van der Waals surface area contributed by atoms with E-state index in [1.54, 1.807) is 12.4 Å². The van der Waals surface area contributed by atoms with Gasteiger partial charge < -0.3 is 29.7 Å². The molecule has 192 valence electrons. The second-order valence-electron chi connectivity index (χ2n) is 10.7. The number of hydrogen-bond donors (Lipinski definition) is 2. The van der Waals surface area contributed by atoms with Crippen LogP contribution in [0.1, 0.15) is 57.3 Å². The molecule has 0 radical (unpaired) electrons. The minimum atomic E-state index is -0.101. The Morgan fingerprint density at radius 3 is 2.18 bits per heavy atom. The lowest BCUT2D eigenvalue weighted by atomic mass is 9.52. The third kappa shape index (κ3) is 7.34. The summed E-state index contributed by atoms with van der Waals surface area (Å²) in [6.07, 6.45) is 6.44. The van der Waals surface area contributed by atoms with Crippen LogP contribution in [-0.2, 0) is 14.2 Å². The molecule has 1 aromatic rings. The number of carbonyl (C=O) groups excluding carboxylic acids is 1. The first-order valence-corrected chi connectivity index (χ1v) is 12.5. The number of anilines is 1. The van der Waals surface area contributed by atoms with E-state index in [0.29, 0.717) is 44.5 Å². The van der Waals surface area contributed by atoms with E-state index in [2.05, 4.69) is 53.2 Å². The van der Waals surface area contributed by atoms with Crippen molar-refractivity contribution in [3.05, 3.63) is 18.0 Å². The Labute approximate surface area is 204 Å². The highest BCUT2D eigenvalue weighted by Gasteiger charge is 2.53. The van der Waals surface area contributed by atoms with E-state index < -0.39 is 0 Å². The summed E-state index contributed by atoms with van der Waals surface area (Å²) >= 11 is 0. The number of aromatic nitrogens is 2. The lowest BCUT2D eigenvalue weighted by molar-refractivity contribution is -0.0366. The molecule has 0 aromatic carbocycles. The first kappa shape index (κ1) is 26.8. The minimum absolute atomic E-state index is 0.101. The molecule has 2 heterocycles. The maximum atomic E-state index is 12.7. The van der Waals surface area contributed by atoms with E-state index >= 15 is 0 Å². The minimum Gasteiger partial charge on any atom is -0.378 e. The van der Waals surface area contributed by atoms with Gasteiger partial charge in [-0.2, -0.15) is 0 Å². The molecule has 2 aliphatic rings. The molecule has 9 nitrogen and oxygen atoms in total. The van der Waals surface area contributed by atoms with Gasteiger partial charge in [-0.15, -0.1) is 0 Å². The Hall–Kier alpha value is -1.81. The fraction of sp³-hybridized carbons (Fsp3) is 0.800. The van der Waals surface area contributed by atoms with Crippen molar-refractivity contribution < 1.29 is 19.0 Å². The molecular weight excluding hydrogens is 434 g/mol. The number of likely N-dealkylation sites (N-methyl/N-ethyl adjacent to an activating group) is 1. The normalized spacial score (nSPS) is 20.2. The fourth-order valence-corrected chi connectivity index (χ4v) is 5.50. The van der Waals surface area contributed by atoms with Gasteiger partial charge in [-0.25, -0.2) is 9.97 Å². The van der Waals surface area contributed by atoms with Crippen molar-refractivity contribution in [2.24, 2.45) is 10.8 Å². The third-order valence-electron chi connectivity index (χ3n) is 6.82. The van der Waals surface area contributed by atoms with Gasteiger partial charge in [0.15, 0.2) is 0 Å². The molecule has 1 aliphatic carbocycles. The third-order valence-corrected chi connectivity index (χ3v) is 6.82. The SMILES string of the molecule is CNCCOCCOCCOC1CCN(c2ncc(C(=O)NC3C(C)(C)CC3(C)C)cn2)CC1. The van der Waals surface area contributed by atoms with E-state index in [1.807, 2.05) is 7.05 Å². The molecule has 0 atom stereocenters. The van der Waals surface area contributed by atoms with E-state index in [-0.39, 0.29) is 28.9 Å². The number of amides is 1. The van der Waals surface area contributed by atoms with Crippen molar-refractivity contribution in [3.63, 3.8) is 0 Å². The summed E-state index contributed by atoms with van der Waals surface area (Å²) < 4.78 is 16.9. The van der Waals surface area contributed by atoms with E-state index in [1.165, 1.54) is 0 Å². The van der Waals surface area contributed by atoms with Crippen molar-refractivity contribution in [1.82, 2.24) is 20.6 Å². The maximum Gasteiger partial charge on any atom is 0.254 e. The molecule has 0 spiro atoms. The molecule has 1 amide bonds. The monoisotopic (exact) mass is 477 g/mol. The van der Waals surface area contributed by atoms with Crippen LogP contribution in [-0.4, -0.2) is 87.7 Å². The molecular formula is C25H43N5O4. The molecule has 2 fully saturated rings. The van der Waals surface area contributed by atoms with Crippen LogP contribution in [0.2, 0.25) is 0 Å². The van der Waals surface area contributed by atoms with Crippen LogP contribution in [0.5, 0.6) is 0 Å². The lowest BCUT2D eigenvalue weighted by Gasteiger charge is -2.57. The van der Waals surface area contributed by atoms with Crippen molar-refractivity contribution in [1.29, 1.82) is 0 Å². The van der Waals surface area contributed by atoms with E-state index in [4.69, 9.17) is 14.2 Å². The topological polar surface area (TPSA) is 97.8 Å².